The Morgan fingerprint density at radius 2 is 1.27 bits per heavy atom. The lowest BCUT2D eigenvalue weighted by Gasteiger charge is -2.18. The summed E-state index contributed by atoms with van der Waals surface area (Å²) < 4.78 is 23.9. The smallest absolute Gasteiger partial charge is 0.331 e. The van der Waals surface area contributed by atoms with Crippen LogP contribution in [0.25, 0.3) is 0 Å². The maximum Gasteiger partial charge on any atom is 0.331 e. The van der Waals surface area contributed by atoms with E-state index in [1.807, 2.05) is 60.7 Å². The highest BCUT2D eigenvalue weighted by Crippen LogP contribution is 2.50. The monoisotopic (exact) mass is 320 g/mol. The zero-order chi connectivity index (χ0) is 15.7. The van der Waals surface area contributed by atoms with Crippen molar-refractivity contribution in [3.8, 4) is 0 Å². The standard InChI is InChI=1S/C17H21O4P/c18-12-7-13-22(19,20-14-16-8-3-1-4-9-16)21-15-17-10-5-2-6-11-17/h1-6,8-11,18H,7,12-15H2. The Morgan fingerprint density at radius 3 is 1.68 bits per heavy atom. The van der Waals surface area contributed by atoms with Crippen LogP contribution in [0.15, 0.2) is 60.7 Å². The summed E-state index contributed by atoms with van der Waals surface area (Å²) in [5.74, 6) is 0. The molecule has 0 aliphatic carbocycles. The number of hydrogen-bond acceptors (Lipinski definition) is 4. The van der Waals surface area contributed by atoms with Crippen LogP contribution in [0, 0.1) is 0 Å². The first-order valence-electron chi connectivity index (χ1n) is 7.29. The van der Waals surface area contributed by atoms with Crippen LogP contribution in [0.4, 0.5) is 0 Å². The molecule has 0 bridgehead atoms. The van der Waals surface area contributed by atoms with Gasteiger partial charge in [-0.15, -0.1) is 0 Å². The molecule has 0 saturated carbocycles. The fraction of sp³-hybridized carbons (Fsp3) is 0.294. The van der Waals surface area contributed by atoms with Crippen LogP contribution >= 0.6 is 7.60 Å². The third-order valence-electron chi connectivity index (χ3n) is 3.13. The Morgan fingerprint density at radius 1 is 0.818 bits per heavy atom. The Bertz CT molecular complexity index is 539. The third-order valence-corrected chi connectivity index (χ3v) is 5.04. The highest BCUT2D eigenvalue weighted by Gasteiger charge is 2.24. The molecule has 0 unspecified atom stereocenters. The fourth-order valence-electron chi connectivity index (χ4n) is 1.92. The van der Waals surface area contributed by atoms with Crippen LogP contribution in [-0.4, -0.2) is 17.9 Å². The Kier molecular flexibility index (Phi) is 6.81. The average molecular weight is 320 g/mol. The maximum absolute atomic E-state index is 12.8. The maximum atomic E-state index is 12.8. The molecular weight excluding hydrogens is 299 g/mol. The van der Waals surface area contributed by atoms with E-state index in [4.69, 9.17) is 14.2 Å². The first kappa shape index (κ1) is 16.9. The molecule has 0 aromatic heterocycles. The Hall–Kier alpha value is -1.45. The lowest BCUT2D eigenvalue weighted by Crippen LogP contribution is -2.03. The summed E-state index contributed by atoms with van der Waals surface area (Å²) in [6, 6.07) is 19.1. The van der Waals surface area contributed by atoms with Crippen molar-refractivity contribution >= 4 is 7.60 Å². The Labute approximate surface area is 131 Å². The molecule has 22 heavy (non-hydrogen) atoms. The number of aliphatic hydroxyl groups is 1. The molecule has 1 N–H and O–H groups in total. The summed E-state index contributed by atoms with van der Waals surface area (Å²) in [6.45, 7) is 0.435. The molecule has 0 spiro atoms. The van der Waals surface area contributed by atoms with Crippen molar-refractivity contribution in [2.45, 2.75) is 19.6 Å². The molecule has 0 saturated heterocycles. The van der Waals surface area contributed by atoms with Gasteiger partial charge in [-0.2, -0.15) is 0 Å². The predicted molar refractivity (Wildman–Crippen MR) is 86.6 cm³/mol. The molecule has 2 aromatic rings. The predicted octanol–water partition coefficient (Wildman–Crippen LogP) is 4.00. The minimum Gasteiger partial charge on any atom is -0.396 e. The van der Waals surface area contributed by atoms with Gasteiger partial charge in [0.15, 0.2) is 0 Å². The van der Waals surface area contributed by atoms with Gasteiger partial charge in [0, 0.05) is 6.61 Å². The largest absolute Gasteiger partial charge is 0.396 e. The van der Waals surface area contributed by atoms with Crippen LogP contribution in [0.2, 0.25) is 0 Å². The highest BCUT2D eigenvalue weighted by atomic mass is 31.2. The van der Waals surface area contributed by atoms with E-state index in [2.05, 4.69) is 0 Å². The molecule has 0 aliphatic rings. The molecule has 0 radical (unpaired) electrons. The number of hydrogen-bond donors (Lipinski definition) is 1. The van der Waals surface area contributed by atoms with Crippen LogP contribution in [-0.2, 0) is 26.8 Å². The molecule has 118 valence electrons. The van der Waals surface area contributed by atoms with Crippen LogP contribution in [0.5, 0.6) is 0 Å². The van der Waals surface area contributed by atoms with Gasteiger partial charge in [0.1, 0.15) is 0 Å². The van der Waals surface area contributed by atoms with Crippen molar-refractivity contribution in [1.29, 1.82) is 0 Å². The summed E-state index contributed by atoms with van der Waals surface area (Å²) >= 11 is 0. The fourth-order valence-corrected chi connectivity index (χ4v) is 3.48. The van der Waals surface area contributed by atoms with Crippen molar-refractivity contribution in [3.63, 3.8) is 0 Å². The minimum absolute atomic E-state index is 0.0343. The van der Waals surface area contributed by atoms with Gasteiger partial charge in [-0.25, -0.2) is 0 Å². The molecule has 0 aliphatic heterocycles. The van der Waals surface area contributed by atoms with Gasteiger partial charge < -0.3 is 14.2 Å². The van der Waals surface area contributed by atoms with Crippen LogP contribution in [0.3, 0.4) is 0 Å². The lowest BCUT2D eigenvalue weighted by atomic mass is 10.2. The van der Waals surface area contributed by atoms with Gasteiger partial charge in [0.25, 0.3) is 0 Å². The average Bonchev–Trinajstić information content (AvgIpc) is 2.59. The third kappa shape index (κ3) is 5.74. The number of rotatable bonds is 9. The van der Waals surface area contributed by atoms with E-state index < -0.39 is 7.60 Å². The van der Waals surface area contributed by atoms with E-state index in [1.54, 1.807) is 0 Å². The van der Waals surface area contributed by atoms with Crippen molar-refractivity contribution in [3.05, 3.63) is 71.8 Å². The molecule has 5 heteroatoms. The van der Waals surface area contributed by atoms with Gasteiger partial charge in [-0.1, -0.05) is 60.7 Å². The van der Waals surface area contributed by atoms with E-state index >= 15 is 0 Å². The number of benzene rings is 2. The molecule has 0 amide bonds. The normalized spacial score (nSPS) is 11.5. The molecule has 2 aromatic carbocycles. The summed E-state index contributed by atoms with van der Waals surface area (Å²) in [7, 11) is -3.23. The molecule has 2 rings (SSSR count). The van der Waals surface area contributed by atoms with Gasteiger partial charge in [0.2, 0.25) is 0 Å². The summed E-state index contributed by atoms with van der Waals surface area (Å²) in [4.78, 5) is 0. The minimum atomic E-state index is -3.23. The van der Waals surface area contributed by atoms with Gasteiger partial charge in [0.05, 0.1) is 19.4 Å². The topological polar surface area (TPSA) is 55.8 Å². The van der Waals surface area contributed by atoms with Crippen LogP contribution in [0.1, 0.15) is 17.5 Å². The Balaban J connectivity index is 1.95. The van der Waals surface area contributed by atoms with E-state index in [9.17, 15) is 4.57 Å². The first-order valence-corrected chi connectivity index (χ1v) is 9.01. The quantitative estimate of drug-likeness (QED) is 0.710. The lowest BCUT2D eigenvalue weighted by molar-refractivity contribution is 0.188. The zero-order valence-electron chi connectivity index (χ0n) is 12.4. The summed E-state index contributed by atoms with van der Waals surface area (Å²) in [5.41, 5.74) is 1.88. The van der Waals surface area contributed by atoms with Crippen molar-refractivity contribution in [1.82, 2.24) is 0 Å². The SMILES string of the molecule is O=P(CCCO)(OCc1ccccc1)OCc1ccccc1. The van der Waals surface area contributed by atoms with Crippen LogP contribution < -0.4 is 0 Å². The highest BCUT2D eigenvalue weighted by molar-refractivity contribution is 7.53. The second-order valence-electron chi connectivity index (χ2n) is 4.93. The van der Waals surface area contributed by atoms with Gasteiger partial charge in [-0.3, -0.25) is 4.57 Å². The zero-order valence-corrected chi connectivity index (χ0v) is 13.3. The molecule has 0 fully saturated rings. The molecule has 0 heterocycles. The second-order valence-corrected chi connectivity index (χ2v) is 7.12. The van der Waals surface area contributed by atoms with Crippen molar-refractivity contribution in [2.24, 2.45) is 0 Å². The van der Waals surface area contributed by atoms with Gasteiger partial charge >= 0.3 is 7.60 Å². The summed E-state index contributed by atoms with van der Waals surface area (Å²) in [5, 5.41) is 8.97. The van der Waals surface area contributed by atoms with E-state index in [0.717, 1.165) is 11.1 Å². The van der Waals surface area contributed by atoms with Crippen molar-refractivity contribution in [2.75, 3.05) is 12.8 Å². The van der Waals surface area contributed by atoms with E-state index in [1.165, 1.54) is 0 Å². The van der Waals surface area contributed by atoms with E-state index in [0.29, 0.717) is 6.42 Å². The second kappa shape index (κ2) is 8.86. The number of aliphatic hydroxyl groups excluding tert-OH is 1. The summed E-state index contributed by atoms with van der Waals surface area (Å²) in [6.07, 6.45) is 0.601. The molecular formula is C17H21O4P. The molecule has 0 atom stereocenters. The van der Waals surface area contributed by atoms with Crippen molar-refractivity contribution < 1.29 is 18.7 Å². The van der Waals surface area contributed by atoms with E-state index in [-0.39, 0.29) is 26.0 Å². The molecule has 4 nitrogen and oxygen atoms in total. The van der Waals surface area contributed by atoms with Gasteiger partial charge in [-0.05, 0) is 17.5 Å². The first-order chi connectivity index (χ1) is 10.7.